The molecule has 21 heavy (non-hydrogen) atoms. The first-order chi connectivity index (χ1) is 10.4. The number of anilines is 1. The summed E-state index contributed by atoms with van der Waals surface area (Å²) in [5.41, 5.74) is 3.26. The molecule has 2 heterocycles. The van der Waals surface area contributed by atoms with Crippen molar-refractivity contribution in [3.8, 4) is 6.07 Å². The second-order valence-corrected chi connectivity index (χ2v) is 6.39. The van der Waals surface area contributed by atoms with Crippen LogP contribution in [0.2, 0.25) is 0 Å². The maximum atomic E-state index is 9.54. The first-order valence-electron chi connectivity index (χ1n) is 8.18. The molecule has 1 aromatic rings. The molecule has 2 atom stereocenters. The molecule has 0 aromatic carbocycles. The Bertz CT molecular complexity index is 592. The van der Waals surface area contributed by atoms with E-state index in [1.165, 1.54) is 30.5 Å². The minimum absolute atomic E-state index is 0.336. The van der Waals surface area contributed by atoms with Crippen molar-refractivity contribution in [1.29, 1.82) is 5.26 Å². The molecular weight excluding hydrogens is 262 g/mol. The van der Waals surface area contributed by atoms with E-state index in [4.69, 9.17) is 9.72 Å². The smallest absolute Gasteiger partial charge is 0.147 e. The SMILES string of the molecule is N#Cc1cc2c(nc1N1CCOC3CCCC31)CCCC2. The van der Waals surface area contributed by atoms with Crippen molar-refractivity contribution in [2.45, 2.75) is 57.1 Å². The number of nitrogens with zero attached hydrogens (tertiary/aromatic N) is 3. The number of aromatic nitrogens is 1. The van der Waals surface area contributed by atoms with Crippen LogP contribution in [0.5, 0.6) is 0 Å². The third-order valence-corrected chi connectivity index (χ3v) is 5.16. The summed E-state index contributed by atoms with van der Waals surface area (Å²) in [4.78, 5) is 7.27. The molecule has 1 saturated carbocycles. The highest BCUT2D eigenvalue weighted by atomic mass is 16.5. The number of nitriles is 1. The maximum Gasteiger partial charge on any atom is 0.147 e. The Balaban J connectivity index is 1.74. The lowest BCUT2D eigenvalue weighted by Crippen LogP contribution is -2.49. The van der Waals surface area contributed by atoms with Gasteiger partial charge in [0.05, 0.1) is 24.3 Å². The van der Waals surface area contributed by atoms with Gasteiger partial charge >= 0.3 is 0 Å². The number of fused-ring (bicyclic) bond motifs is 2. The van der Waals surface area contributed by atoms with Crippen molar-refractivity contribution in [3.05, 3.63) is 22.9 Å². The molecule has 1 aliphatic heterocycles. The van der Waals surface area contributed by atoms with Gasteiger partial charge in [0.15, 0.2) is 0 Å². The second-order valence-electron chi connectivity index (χ2n) is 6.39. The van der Waals surface area contributed by atoms with Crippen LogP contribution in [-0.2, 0) is 17.6 Å². The zero-order valence-electron chi connectivity index (χ0n) is 12.3. The summed E-state index contributed by atoms with van der Waals surface area (Å²) in [5, 5.41) is 9.54. The maximum absolute atomic E-state index is 9.54. The van der Waals surface area contributed by atoms with Crippen LogP contribution in [0.1, 0.15) is 48.9 Å². The van der Waals surface area contributed by atoms with Gasteiger partial charge in [-0.3, -0.25) is 0 Å². The molecule has 0 amide bonds. The predicted molar refractivity (Wildman–Crippen MR) is 80.3 cm³/mol. The Morgan fingerprint density at radius 3 is 3.05 bits per heavy atom. The minimum Gasteiger partial charge on any atom is -0.374 e. The fourth-order valence-corrected chi connectivity index (χ4v) is 4.11. The van der Waals surface area contributed by atoms with Crippen LogP contribution < -0.4 is 4.90 Å². The first-order valence-corrected chi connectivity index (χ1v) is 8.18. The Morgan fingerprint density at radius 2 is 2.14 bits per heavy atom. The van der Waals surface area contributed by atoms with Gasteiger partial charge < -0.3 is 9.64 Å². The third-order valence-electron chi connectivity index (χ3n) is 5.16. The van der Waals surface area contributed by atoms with E-state index in [9.17, 15) is 5.26 Å². The van der Waals surface area contributed by atoms with Crippen molar-refractivity contribution >= 4 is 5.82 Å². The normalized spacial score (nSPS) is 27.9. The second kappa shape index (κ2) is 5.31. The number of morpholine rings is 1. The van der Waals surface area contributed by atoms with E-state index in [2.05, 4.69) is 17.0 Å². The van der Waals surface area contributed by atoms with Gasteiger partial charge in [0.1, 0.15) is 11.9 Å². The molecule has 1 aromatic heterocycles. The Hall–Kier alpha value is -1.60. The van der Waals surface area contributed by atoms with Crippen LogP contribution in [0.3, 0.4) is 0 Å². The molecule has 1 saturated heterocycles. The summed E-state index contributed by atoms with van der Waals surface area (Å²) in [7, 11) is 0. The molecule has 110 valence electrons. The zero-order valence-corrected chi connectivity index (χ0v) is 12.3. The third kappa shape index (κ3) is 2.20. The highest BCUT2D eigenvalue weighted by molar-refractivity contribution is 5.57. The molecule has 3 aliphatic rings. The van der Waals surface area contributed by atoms with Crippen molar-refractivity contribution in [3.63, 3.8) is 0 Å². The van der Waals surface area contributed by atoms with Crippen LogP contribution in [0.25, 0.3) is 0 Å². The molecular formula is C17H21N3O. The van der Waals surface area contributed by atoms with Gasteiger partial charge in [-0.15, -0.1) is 0 Å². The standard InChI is InChI=1S/C17H21N3O/c18-11-13-10-12-4-1-2-5-14(12)19-17(13)20-8-9-21-16-7-3-6-15(16)20/h10,15-16H,1-9H2. The predicted octanol–water partition coefficient (Wildman–Crippen LogP) is 2.59. The van der Waals surface area contributed by atoms with Crippen molar-refractivity contribution in [2.75, 3.05) is 18.1 Å². The molecule has 0 spiro atoms. The minimum atomic E-state index is 0.336. The van der Waals surface area contributed by atoms with E-state index in [0.29, 0.717) is 12.1 Å². The van der Waals surface area contributed by atoms with Crippen LogP contribution in [0, 0.1) is 11.3 Å². The molecule has 0 bridgehead atoms. The monoisotopic (exact) mass is 283 g/mol. The van der Waals surface area contributed by atoms with E-state index in [0.717, 1.165) is 50.2 Å². The van der Waals surface area contributed by atoms with Gasteiger partial charge in [-0.2, -0.15) is 5.26 Å². The molecule has 4 rings (SSSR count). The summed E-state index contributed by atoms with van der Waals surface area (Å²) < 4.78 is 5.89. The van der Waals surface area contributed by atoms with Gasteiger partial charge in [-0.25, -0.2) is 4.98 Å². The number of ether oxygens (including phenoxy) is 1. The molecule has 0 radical (unpaired) electrons. The van der Waals surface area contributed by atoms with Crippen molar-refractivity contribution in [2.24, 2.45) is 0 Å². The first kappa shape index (κ1) is 13.1. The highest BCUT2D eigenvalue weighted by Crippen LogP contribution is 2.35. The van der Waals surface area contributed by atoms with Crippen LogP contribution in [0.15, 0.2) is 6.07 Å². The summed E-state index contributed by atoms with van der Waals surface area (Å²) in [6.45, 7) is 1.62. The van der Waals surface area contributed by atoms with E-state index in [-0.39, 0.29) is 0 Å². The summed E-state index contributed by atoms with van der Waals surface area (Å²) in [5.74, 6) is 0.915. The van der Waals surface area contributed by atoms with Gasteiger partial charge in [0.25, 0.3) is 0 Å². The molecule has 4 nitrogen and oxygen atoms in total. The molecule has 2 aliphatic carbocycles. The fraction of sp³-hybridized carbons (Fsp3) is 0.647. The lowest BCUT2D eigenvalue weighted by Gasteiger charge is -2.39. The van der Waals surface area contributed by atoms with E-state index in [1.54, 1.807) is 0 Å². The molecule has 2 unspecified atom stereocenters. The Morgan fingerprint density at radius 1 is 1.24 bits per heavy atom. The lowest BCUT2D eigenvalue weighted by molar-refractivity contribution is 0.0253. The molecule has 2 fully saturated rings. The number of aryl methyl sites for hydroxylation is 2. The zero-order chi connectivity index (χ0) is 14.2. The summed E-state index contributed by atoms with van der Waals surface area (Å²) in [6.07, 6.45) is 8.45. The van der Waals surface area contributed by atoms with Gasteiger partial charge in [0, 0.05) is 12.2 Å². The van der Waals surface area contributed by atoms with Crippen molar-refractivity contribution < 1.29 is 4.74 Å². The van der Waals surface area contributed by atoms with E-state index >= 15 is 0 Å². The highest BCUT2D eigenvalue weighted by Gasteiger charge is 2.37. The quantitative estimate of drug-likeness (QED) is 0.795. The van der Waals surface area contributed by atoms with Gasteiger partial charge in [-0.1, -0.05) is 0 Å². The fourth-order valence-electron chi connectivity index (χ4n) is 4.11. The average molecular weight is 283 g/mol. The van der Waals surface area contributed by atoms with Gasteiger partial charge in [-0.05, 0) is 56.6 Å². The topological polar surface area (TPSA) is 49.2 Å². The summed E-state index contributed by atoms with van der Waals surface area (Å²) in [6, 6.07) is 4.89. The van der Waals surface area contributed by atoms with Crippen LogP contribution in [-0.4, -0.2) is 30.3 Å². The number of rotatable bonds is 1. The molecule has 0 N–H and O–H groups in total. The largest absolute Gasteiger partial charge is 0.374 e. The molecule has 4 heteroatoms. The van der Waals surface area contributed by atoms with Crippen molar-refractivity contribution in [1.82, 2.24) is 4.98 Å². The number of hydrogen-bond acceptors (Lipinski definition) is 4. The van der Waals surface area contributed by atoms with Gasteiger partial charge in [0.2, 0.25) is 0 Å². The van der Waals surface area contributed by atoms with Crippen LogP contribution in [0.4, 0.5) is 5.82 Å². The van der Waals surface area contributed by atoms with E-state index < -0.39 is 0 Å². The Kier molecular flexibility index (Phi) is 3.31. The average Bonchev–Trinajstić information content (AvgIpc) is 3.02. The Labute approximate surface area is 125 Å². The summed E-state index contributed by atoms with van der Waals surface area (Å²) >= 11 is 0. The number of hydrogen-bond donors (Lipinski definition) is 0. The van der Waals surface area contributed by atoms with E-state index in [1.807, 2.05) is 0 Å². The number of pyridine rings is 1. The van der Waals surface area contributed by atoms with Crippen LogP contribution >= 0.6 is 0 Å². The lowest BCUT2D eigenvalue weighted by atomic mass is 9.94.